The Kier molecular flexibility index (Phi) is 2.41. The van der Waals surface area contributed by atoms with Gasteiger partial charge in [0.1, 0.15) is 0 Å². The molecule has 1 heterocycles. The minimum Gasteiger partial charge on any atom is -0.269 e. The predicted octanol–water partition coefficient (Wildman–Crippen LogP) is 3.42. The van der Waals surface area contributed by atoms with Crippen LogP contribution in [0.3, 0.4) is 0 Å². The Bertz CT molecular complexity index is 208. The molecule has 0 aromatic carbocycles. The van der Waals surface area contributed by atoms with E-state index < -0.39 is 0 Å². The third kappa shape index (κ3) is 1.45. The Hall–Kier alpha value is -0.590. The third-order valence-electron chi connectivity index (χ3n) is 3.17. The van der Waals surface area contributed by atoms with Crippen LogP contribution in [0.5, 0.6) is 0 Å². The van der Waals surface area contributed by atoms with Gasteiger partial charge in [-0.15, -0.1) is 0 Å². The van der Waals surface area contributed by atoms with Crippen LogP contribution in [0.2, 0.25) is 0 Å². The van der Waals surface area contributed by atoms with Gasteiger partial charge in [0.05, 0.1) is 0 Å². The van der Waals surface area contributed by atoms with Crippen molar-refractivity contribution in [2.24, 2.45) is 15.8 Å². The van der Waals surface area contributed by atoms with E-state index >= 15 is 0 Å². The van der Waals surface area contributed by atoms with Crippen molar-refractivity contribution in [1.82, 2.24) is 0 Å². The van der Waals surface area contributed by atoms with E-state index in [9.17, 15) is 0 Å². The fraction of sp³-hybridized carbons (Fsp3) is 0.727. The Morgan fingerprint density at radius 2 is 2.08 bits per heavy atom. The van der Waals surface area contributed by atoms with Crippen molar-refractivity contribution < 1.29 is 0 Å². The summed E-state index contributed by atoms with van der Waals surface area (Å²) in [5.74, 6) is 0. The van der Waals surface area contributed by atoms with Crippen molar-refractivity contribution in [3.8, 4) is 0 Å². The highest BCUT2D eigenvalue weighted by atomic mass is 14.7. The van der Waals surface area contributed by atoms with Gasteiger partial charge < -0.3 is 0 Å². The van der Waals surface area contributed by atoms with Crippen LogP contribution in [-0.4, -0.2) is 6.21 Å². The van der Waals surface area contributed by atoms with E-state index in [2.05, 4.69) is 38.8 Å². The first-order valence-corrected chi connectivity index (χ1v) is 4.71. The van der Waals surface area contributed by atoms with Crippen molar-refractivity contribution in [1.29, 1.82) is 0 Å². The lowest BCUT2D eigenvalue weighted by molar-refractivity contribution is 0.147. The lowest BCUT2D eigenvalue weighted by atomic mass is 9.63. The van der Waals surface area contributed by atoms with Gasteiger partial charge in [-0.25, -0.2) is 0 Å². The standard InChI is InChI=1S/C11H19N/c1-5-11(10(2,3)4)6-8-12-9-7-11/h6,8-9H,5,7H2,1-4H3. The molecule has 1 rings (SSSR count). The summed E-state index contributed by atoms with van der Waals surface area (Å²) < 4.78 is 0. The van der Waals surface area contributed by atoms with Gasteiger partial charge in [-0.05, 0) is 23.7 Å². The number of hydrogen-bond acceptors (Lipinski definition) is 1. The number of hydrogen-bond donors (Lipinski definition) is 0. The van der Waals surface area contributed by atoms with Crippen LogP contribution in [0.25, 0.3) is 0 Å². The fourth-order valence-electron chi connectivity index (χ4n) is 1.88. The number of nitrogens with zero attached hydrogens (tertiary/aromatic N) is 1. The first-order valence-electron chi connectivity index (χ1n) is 4.71. The molecule has 0 amide bonds. The lowest BCUT2D eigenvalue weighted by Gasteiger charge is -2.42. The zero-order valence-corrected chi connectivity index (χ0v) is 8.59. The Morgan fingerprint density at radius 3 is 2.33 bits per heavy atom. The van der Waals surface area contributed by atoms with Crippen LogP contribution in [0.1, 0.15) is 40.5 Å². The van der Waals surface area contributed by atoms with E-state index in [-0.39, 0.29) is 0 Å². The smallest absolute Gasteiger partial charge is 0.0229 e. The van der Waals surface area contributed by atoms with Crippen molar-refractivity contribution in [3.63, 3.8) is 0 Å². The summed E-state index contributed by atoms with van der Waals surface area (Å²) in [5.41, 5.74) is 0.666. The minimum atomic E-state index is 0.328. The molecule has 12 heavy (non-hydrogen) atoms. The first-order chi connectivity index (χ1) is 5.52. The second-order valence-electron chi connectivity index (χ2n) is 4.61. The van der Waals surface area contributed by atoms with Gasteiger partial charge in [-0.2, -0.15) is 0 Å². The predicted molar refractivity (Wildman–Crippen MR) is 54.4 cm³/mol. The van der Waals surface area contributed by atoms with Gasteiger partial charge in [-0.3, -0.25) is 4.99 Å². The molecular weight excluding hydrogens is 146 g/mol. The van der Waals surface area contributed by atoms with Crippen LogP contribution in [0, 0.1) is 10.8 Å². The molecule has 0 spiro atoms. The van der Waals surface area contributed by atoms with E-state index in [1.807, 2.05) is 12.4 Å². The molecule has 0 saturated carbocycles. The van der Waals surface area contributed by atoms with Crippen LogP contribution in [0.15, 0.2) is 17.3 Å². The first kappa shape index (κ1) is 9.50. The van der Waals surface area contributed by atoms with Crippen LogP contribution in [-0.2, 0) is 0 Å². The zero-order chi connectivity index (χ0) is 9.24. The monoisotopic (exact) mass is 165 g/mol. The molecule has 1 nitrogen and oxygen atoms in total. The van der Waals surface area contributed by atoms with Gasteiger partial charge in [0.15, 0.2) is 0 Å². The number of allylic oxidation sites excluding steroid dienone is 1. The molecule has 1 unspecified atom stereocenters. The molecule has 0 radical (unpaired) electrons. The average molecular weight is 165 g/mol. The highest BCUT2D eigenvalue weighted by Crippen LogP contribution is 2.46. The van der Waals surface area contributed by atoms with Gasteiger partial charge in [0.2, 0.25) is 0 Å². The molecule has 1 heteroatoms. The fourth-order valence-corrected chi connectivity index (χ4v) is 1.88. The Balaban J connectivity index is 2.91. The average Bonchev–Trinajstić information content (AvgIpc) is 2.04. The molecule has 0 aromatic heterocycles. The molecule has 1 aliphatic heterocycles. The molecule has 68 valence electrons. The molecule has 0 aliphatic carbocycles. The van der Waals surface area contributed by atoms with Gasteiger partial charge in [0.25, 0.3) is 0 Å². The summed E-state index contributed by atoms with van der Waals surface area (Å²) in [6.07, 6.45) is 8.53. The van der Waals surface area contributed by atoms with Crippen LogP contribution >= 0.6 is 0 Å². The summed E-state index contributed by atoms with van der Waals surface area (Å²) in [5, 5.41) is 0. The van der Waals surface area contributed by atoms with Crippen molar-refractivity contribution in [3.05, 3.63) is 12.3 Å². The lowest BCUT2D eigenvalue weighted by Crippen LogP contribution is -2.34. The second kappa shape index (κ2) is 3.04. The van der Waals surface area contributed by atoms with E-state index in [4.69, 9.17) is 0 Å². The largest absolute Gasteiger partial charge is 0.269 e. The zero-order valence-electron chi connectivity index (χ0n) is 8.59. The molecule has 0 aromatic rings. The van der Waals surface area contributed by atoms with Gasteiger partial charge in [-0.1, -0.05) is 33.8 Å². The molecule has 0 N–H and O–H groups in total. The van der Waals surface area contributed by atoms with E-state index in [0.29, 0.717) is 10.8 Å². The number of aliphatic imine (C=N–C) groups is 1. The molecular formula is C11H19N. The maximum Gasteiger partial charge on any atom is 0.0229 e. The molecule has 0 saturated heterocycles. The van der Waals surface area contributed by atoms with Crippen molar-refractivity contribution >= 4 is 6.21 Å². The minimum absolute atomic E-state index is 0.328. The molecule has 0 bridgehead atoms. The number of rotatable bonds is 1. The quantitative estimate of drug-likeness (QED) is 0.564. The van der Waals surface area contributed by atoms with E-state index in [0.717, 1.165) is 6.42 Å². The summed E-state index contributed by atoms with van der Waals surface area (Å²) in [6, 6.07) is 0. The van der Waals surface area contributed by atoms with Gasteiger partial charge in [0, 0.05) is 12.4 Å². The summed E-state index contributed by atoms with van der Waals surface area (Å²) in [4.78, 5) is 4.13. The highest BCUT2D eigenvalue weighted by molar-refractivity contribution is 5.61. The highest BCUT2D eigenvalue weighted by Gasteiger charge is 2.37. The van der Waals surface area contributed by atoms with Crippen LogP contribution < -0.4 is 0 Å². The summed E-state index contributed by atoms with van der Waals surface area (Å²) in [7, 11) is 0. The van der Waals surface area contributed by atoms with E-state index in [1.165, 1.54) is 6.42 Å². The molecule has 1 aliphatic rings. The third-order valence-corrected chi connectivity index (χ3v) is 3.17. The van der Waals surface area contributed by atoms with E-state index in [1.54, 1.807) is 0 Å². The molecule has 1 atom stereocenters. The second-order valence-corrected chi connectivity index (χ2v) is 4.61. The maximum absolute atomic E-state index is 4.13. The van der Waals surface area contributed by atoms with Crippen LogP contribution in [0.4, 0.5) is 0 Å². The van der Waals surface area contributed by atoms with Crippen molar-refractivity contribution in [2.45, 2.75) is 40.5 Å². The molecule has 0 fully saturated rings. The Labute approximate surface area is 75.6 Å². The normalized spacial score (nSPS) is 29.3. The topological polar surface area (TPSA) is 12.4 Å². The summed E-state index contributed by atoms with van der Waals surface area (Å²) >= 11 is 0. The SMILES string of the molecule is CCC1(C(C)(C)C)C=CN=CC1. The maximum atomic E-state index is 4.13. The summed E-state index contributed by atoms with van der Waals surface area (Å²) in [6.45, 7) is 9.18. The Morgan fingerprint density at radius 1 is 1.42 bits per heavy atom. The van der Waals surface area contributed by atoms with Crippen molar-refractivity contribution in [2.75, 3.05) is 0 Å². The van der Waals surface area contributed by atoms with Gasteiger partial charge >= 0.3 is 0 Å².